The minimum atomic E-state index is 0.422. The summed E-state index contributed by atoms with van der Waals surface area (Å²) in [7, 11) is 0. The van der Waals surface area contributed by atoms with Crippen molar-refractivity contribution in [3.8, 4) is 0 Å². The zero-order valence-electron chi connectivity index (χ0n) is 10.9. The van der Waals surface area contributed by atoms with Gasteiger partial charge in [-0.25, -0.2) is 0 Å². The van der Waals surface area contributed by atoms with Crippen LogP contribution >= 0.6 is 11.6 Å². The molecule has 0 aromatic heterocycles. The van der Waals surface area contributed by atoms with E-state index in [0.717, 1.165) is 16.9 Å². The number of rotatable bonds is 4. The number of hydrogen-bond acceptors (Lipinski definition) is 1. The second-order valence-corrected chi connectivity index (χ2v) is 6.05. The molecule has 0 aliphatic heterocycles. The molecule has 1 saturated carbocycles. The predicted octanol–water partition coefficient (Wildman–Crippen LogP) is 4.43. The van der Waals surface area contributed by atoms with Crippen molar-refractivity contribution in [2.75, 3.05) is 0 Å². The summed E-state index contributed by atoms with van der Waals surface area (Å²) in [5.74, 6) is 1.75. The van der Waals surface area contributed by atoms with Crippen molar-refractivity contribution in [1.29, 1.82) is 0 Å². The molecule has 0 heterocycles. The largest absolute Gasteiger partial charge is 0.307 e. The highest BCUT2D eigenvalue weighted by Gasteiger charge is 2.31. The van der Waals surface area contributed by atoms with Gasteiger partial charge in [-0.05, 0) is 49.3 Å². The Hall–Kier alpha value is -0.530. The third kappa shape index (κ3) is 3.23. The normalized spacial score (nSPS) is 25.7. The van der Waals surface area contributed by atoms with Crippen LogP contribution in [-0.2, 0) is 0 Å². The highest BCUT2D eigenvalue weighted by molar-refractivity contribution is 6.30. The summed E-state index contributed by atoms with van der Waals surface area (Å²) in [5.41, 5.74) is 1.32. The van der Waals surface area contributed by atoms with E-state index in [1.165, 1.54) is 18.4 Å². The molecular formula is C15H22ClN. The van der Waals surface area contributed by atoms with Crippen molar-refractivity contribution in [3.05, 3.63) is 34.9 Å². The van der Waals surface area contributed by atoms with Crippen molar-refractivity contribution in [2.24, 2.45) is 11.8 Å². The molecule has 1 fully saturated rings. The average molecular weight is 252 g/mol. The van der Waals surface area contributed by atoms with Gasteiger partial charge in [-0.2, -0.15) is 0 Å². The van der Waals surface area contributed by atoms with E-state index in [0.29, 0.717) is 12.1 Å². The lowest BCUT2D eigenvalue weighted by Gasteiger charge is -2.40. The first-order valence-electron chi connectivity index (χ1n) is 6.57. The molecule has 0 amide bonds. The van der Waals surface area contributed by atoms with Crippen LogP contribution in [0.25, 0.3) is 0 Å². The summed E-state index contributed by atoms with van der Waals surface area (Å²) in [5, 5.41) is 4.50. The molecule has 1 aliphatic rings. The highest BCUT2D eigenvalue weighted by atomic mass is 35.5. The quantitative estimate of drug-likeness (QED) is 0.835. The van der Waals surface area contributed by atoms with Crippen LogP contribution in [0.3, 0.4) is 0 Å². The van der Waals surface area contributed by atoms with Crippen molar-refractivity contribution < 1.29 is 0 Å². The lowest BCUT2D eigenvalue weighted by Crippen LogP contribution is -2.43. The topological polar surface area (TPSA) is 12.0 Å². The number of benzene rings is 1. The molecule has 1 aliphatic carbocycles. The van der Waals surface area contributed by atoms with Crippen LogP contribution in [0.4, 0.5) is 0 Å². The fourth-order valence-electron chi connectivity index (χ4n) is 2.54. The van der Waals surface area contributed by atoms with Gasteiger partial charge >= 0.3 is 0 Å². The molecule has 1 nitrogen and oxygen atoms in total. The summed E-state index contributed by atoms with van der Waals surface area (Å²) < 4.78 is 0. The molecule has 1 aromatic carbocycles. The van der Waals surface area contributed by atoms with Gasteiger partial charge in [0.25, 0.3) is 0 Å². The Balaban J connectivity index is 1.82. The van der Waals surface area contributed by atoms with Gasteiger partial charge in [0.05, 0.1) is 0 Å². The summed E-state index contributed by atoms with van der Waals surface area (Å²) in [6.07, 6.45) is 2.66. The Morgan fingerprint density at radius 3 is 2.24 bits per heavy atom. The van der Waals surface area contributed by atoms with E-state index >= 15 is 0 Å². The second-order valence-electron chi connectivity index (χ2n) is 5.61. The van der Waals surface area contributed by atoms with E-state index in [2.05, 4.69) is 38.2 Å². The average Bonchev–Trinajstić information content (AvgIpc) is 2.23. The molecular weight excluding hydrogens is 230 g/mol. The Bertz CT molecular complexity index is 352. The van der Waals surface area contributed by atoms with Gasteiger partial charge < -0.3 is 5.32 Å². The fourth-order valence-corrected chi connectivity index (χ4v) is 2.67. The number of hydrogen-bond donors (Lipinski definition) is 1. The van der Waals surface area contributed by atoms with Crippen LogP contribution in [0, 0.1) is 11.8 Å². The van der Waals surface area contributed by atoms with E-state index in [1.807, 2.05) is 12.1 Å². The Labute approximate surface area is 110 Å². The predicted molar refractivity (Wildman–Crippen MR) is 74.4 cm³/mol. The van der Waals surface area contributed by atoms with Crippen molar-refractivity contribution in [1.82, 2.24) is 5.32 Å². The van der Waals surface area contributed by atoms with E-state index in [-0.39, 0.29) is 0 Å². The van der Waals surface area contributed by atoms with Crippen LogP contribution in [0.5, 0.6) is 0 Å². The summed E-state index contributed by atoms with van der Waals surface area (Å²) in [6, 6.07) is 9.27. The number of halogens is 1. The minimum absolute atomic E-state index is 0.422. The smallest absolute Gasteiger partial charge is 0.0406 e. The van der Waals surface area contributed by atoms with Gasteiger partial charge in [-0.1, -0.05) is 37.6 Å². The fraction of sp³-hybridized carbons (Fsp3) is 0.600. The zero-order chi connectivity index (χ0) is 12.4. The Morgan fingerprint density at radius 1 is 1.12 bits per heavy atom. The maximum absolute atomic E-state index is 5.89. The third-order valence-corrected chi connectivity index (χ3v) is 4.23. The van der Waals surface area contributed by atoms with Gasteiger partial charge in [-0.3, -0.25) is 0 Å². The molecule has 0 radical (unpaired) electrons. The minimum Gasteiger partial charge on any atom is -0.307 e. The van der Waals surface area contributed by atoms with Gasteiger partial charge in [0.15, 0.2) is 0 Å². The van der Waals surface area contributed by atoms with Crippen LogP contribution < -0.4 is 5.32 Å². The molecule has 1 unspecified atom stereocenters. The Kier molecular flexibility index (Phi) is 4.11. The first-order valence-corrected chi connectivity index (χ1v) is 6.95. The molecule has 1 N–H and O–H groups in total. The third-order valence-electron chi connectivity index (χ3n) is 3.97. The molecule has 2 heteroatoms. The lowest BCUT2D eigenvalue weighted by molar-refractivity contribution is 0.159. The molecule has 1 aromatic rings. The molecule has 17 heavy (non-hydrogen) atoms. The maximum atomic E-state index is 5.89. The molecule has 0 spiro atoms. The summed E-state index contributed by atoms with van der Waals surface area (Å²) >= 11 is 5.89. The van der Waals surface area contributed by atoms with Gasteiger partial charge in [0.2, 0.25) is 0 Å². The van der Waals surface area contributed by atoms with E-state index < -0.39 is 0 Å². The molecule has 1 atom stereocenters. The van der Waals surface area contributed by atoms with Crippen LogP contribution in [-0.4, -0.2) is 6.04 Å². The highest BCUT2D eigenvalue weighted by Crippen LogP contribution is 2.34. The van der Waals surface area contributed by atoms with Gasteiger partial charge in [0, 0.05) is 17.1 Å². The lowest BCUT2D eigenvalue weighted by atomic mass is 9.73. The van der Waals surface area contributed by atoms with Crippen LogP contribution in [0.1, 0.15) is 45.2 Å². The standard InChI is InChI=1S/C15H22ClN/c1-10(2)13-8-15(9-13)17-11(3)12-4-6-14(16)7-5-12/h4-7,10-11,13,15,17H,8-9H2,1-3H3. The van der Waals surface area contributed by atoms with Crippen LogP contribution in [0.15, 0.2) is 24.3 Å². The summed E-state index contributed by atoms with van der Waals surface area (Å²) in [4.78, 5) is 0. The van der Waals surface area contributed by atoms with Gasteiger partial charge in [-0.15, -0.1) is 0 Å². The maximum Gasteiger partial charge on any atom is 0.0406 e. The molecule has 0 bridgehead atoms. The van der Waals surface area contributed by atoms with E-state index in [4.69, 9.17) is 11.6 Å². The first kappa shape index (κ1) is 12.9. The van der Waals surface area contributed by atoms with Crippen molar-refractivity contribution in [2.45, 2.75) is 45.7 Å². The van der Waals surface area contributed by atoms with E-state index in [1.54, 1.807) is 0 Å². The molecule has 0 saturated heterocycles. The number of nitrogens with one attached hydrogen (secondary N) is 1. The molecule has 2 rings (SSSR count). The van der Waals surface area contributed by atoms with Crippen molar-refractivity contribution in [3.63, 3.8) is 0 Å². The van der Waals surface area contributed by atoms with Gasteiger partial charge in [0.1, 0.15) is 0 Å². The zero-order valence-corrected chi connectivity index (χ0v) is 11.7. The second kappa shape index (κ2) is 5.41. The van der Waals surface area contributed by atoms with Crippen molar-refractivity contribution >= 4 is 11.6 Å². The molecule has 94 valence electrons. The summed E-state index contributed by atoms with van der Waals surface area (Å²) in [6.45, 7) is 6.87. The Morgan fingerprint density at radius 2 is 1.71 bits per heavy atom. The van der Waals surface area contributed by atoms with E-state index in [9.17, 15) is 0 Å². The SMILES string of the molecule is CC(NC1CC(C(C)C)C1)c1ccc(Cl)cc1. The van der Waals surface area contributed by atoms with Crippen LogP contribution in [0.2, 0.25) is 5.02 Å². The first-order chi connectivity index (χ1) is 8.06. The monoisotopic (exact) mass is 251 g/mol.